The number of hydrogen-bond acceptors (Lipinski definition) is 3. The van der Waals surface area contributed by atoms with Crippen LogP contribution in [-0.4, -0.2) is 34.7 Å². The molecule has 3 heteroatoms. The van der Waals surface area contributed by atoms with Crippen LogP contribution in [0.4, 0.5) is 0 Å². The summed E-state index contributed by atoms with van der Waals surface area (Å²) in [6.07, 6.45) is 1.97. The molecule has 1 aliphatic carbocycles. The lowest BCUT2D eigenvalue weighted by Crippen LogP contribution is -2.65. The van der Waals surface area contributed by atoms with E-state index in [-0.39, 0.29) is 12.1 Å². The number of aliphatic hydroxyl groups is 1. The maximum atomic E-state index is 10.0. The van der Waals surface area contributed by atoms with Crippen molar-refractivity contribution in [3.8, 4) is 0 Å². The Morgan fingerprint density at radius 3 is 2.71 bits per heavy atom. The summed E-state index contributed by atoms with van der Waals surface area (Å²) in [6, 6.07) is 10.8. The Labute approximate surface area is 102 Å². The Hall–Kier alpha value is -0.900. The molecule has 0 aromatic heterocycles. The predicted molar refractivity (Wildman–Crippen MR) is 67.3 cm³/mol. The summed E-state index contributed by atoms with van der Waals surface area (Å²) in [5.41, 5.74) is 7.45. The summed E-state index contributed by atoms with van der Waals surface area (Å²) in [4.78, 5) is 2.45. The van der Waals surface area contributed by atoms with Crippen LogP contribution in [0.15, 0.2) is 30.3 Å². The molecular formula is C14H20N2O. The van der Waals surface area contributed by atoms with Gasteiger partial charge in [0.2, 0.25) is 0 Å². The van der Waals surface area contributed by atoms with Gasteiger partial charge in [0.15, 0.2) is 0 Å². The van der Waals surface area contributed by atoms with Crippen molar-refractivity contribution in [1.29, 1.82) is 0 Å². The predicted octanol–water partition coefficient (Wildman–Crippen LogP) is 0.969. The highest BCUT2D eigenvalue weighted by Crippen LogP contribution is 2.35. The van der Waals surface area contributed by atoms with E-state index < -0.39 is 0 Å². The molecule has 4 rings (SSSR count). The molecule has 2 bridgehead atoms. The molecule has 1 saturated carbocycles. The molecule has 2 aliphatic heterocycles. The normalized spacial score (nSPS) is 37.3. The highest BCUT2D eigenvalue weighted by atomic mass is 16.3. The average molecular weight is 232 g/mol. The minimum atomic E-state index is -0.291. The molecule has 0 radical (unpaired) electrons. The number of nitrogens with zero attached hydrogens (tertiary/aromatic N) is 1. The second kappa shape index (κ2) is 4.41. The van der Waals surface area contributed by atoms with Crippen molar-refractivity contribution in [3.05, 3.63) is 35.9 Å². The molecule has 0 spiro atoms. The second-order valence-corrected chi connectivity index (χ2v) is 5.39. The van der Waals surface area contributed by atoms with Crippen LogP contribution in [0.25, 0.3) is 0 Å². The SMILES string of the molecule is N[C@H]1[C@H](O)[C@H]2CC[C@H]1N(Cc1ccccc1)C2. The molecule has 3 nitrogen and oxygen atoms in total. The first-order valence-corrected chi connectivity index (χ1v) is 6.47. The molecule has 2 heterocycles. The lowest BCUT2D eigenvalue weighted by atomic mass is 9.74. The zero-order valence-electron chi connectivity index (χ0n) is 10.00. The number of hydrogen-bond donors (Lipinski definition) is 2. The lowest BCUT2D eigenvalue weighted by Gasteiger charge is -2.51. The van der Waals surface area contributed by atoms with E-state index in [0.717, 1.165) is 25.9 Å². The topological polar surface area (TPSA) is 49.5 Å². The molecule has 4 atom stereocenters. The van der Waals surface area contributed by atoms with Gasteiger partial charge >= 0.3 is 0 Å². The Morgan fingerprint density at radius 1 is 1.24 bits per heavy atom. The molecule has 3 N–H and O–H groups in total. The van der Waals surface area contributed by atoms with Crippen molar-refractivity contribution in [2.45, 2.75) is 37.6 Å². The van der Waals surface area contributed by atoms with E-state index in [1.807, 2.05) is 6.07 Å². The van der Waals surface area contributed by atoms with E-state index in [0.29, 0.717) is 12.0 Å². The highest BCUT2D eigenvalue weighted by Gasteiger charge is 2.44. The first-order chi connectivity index (χ1) is 8.25. The molecular weight excluding hydrogens is 212 g/mol. The molecule has 3 aliphatic rings. The number of aliphatic hydroxyl groups excluding tert-OH is 1. The number of fused-ring (bicyclic) bond motifs is 3. The van der Waals surface area contributed by atoms with Gasteiger partial charge in [0.25, 0.3) is 0 Å². The fourth-order valence-electron chi connectivity index (χ4n) is 3.35. The van der Waals surface area contributed by atoms with Crippen LogP contribution < -0.4 is 5.73 Å². The maximum Gasteiger partial charge on any atom is 0.0746 e. The summed E-state index contributed by atoms with van der Waals surface area (Å²) in [5.74, 6) is 0.374. The Bertz CT molecular complexity index is 379. The van der Waals surface area contributed by atoms with Gasteiger partial charge in [-0.2, -0.15) is 0 Å². The summed E-state index contributed by atoms with van der Waals surface area (Å²) in [5, 5.41) is 10.0. The van der Waals surface area contributed by atoms with Crippen molar-refractivity contribution in [2.75, 3.05) is 6.54 Å². The summed E-state index contributed by atoms with van der Waals surface area (Å²) >= 11 is 0. The first kappa shape index (κ1) is 11.2. The number of benzene rings is 1. The third kappa shape index (κ3) is 1.99. The van der Waals surface area contributed by atoms with Gasteiger partial charge in [0.05, 0.1) is 6.10 Å². The maximum absolute atomic E-state index is 10.0. The smallest absolute Gasteiger partial charge is 0.0746 e. The van der Waals surface area contributed by atoms with Gasteiger partial charge in [0, 0.05) is 25.2 Å². The largest absolute Gasteiger partial charge is 0.391 e. The fourth-order valence-corrected chi connectivity index (χ4v) is 3.35. The van der Waals surface area contributed by atoms with Gasteiger partial charge < -0.3 is 10.8 Å². The second-order valence-electron chi connectivity index (χ2n) is 5.39. The first-order valence-electron chi connectivity index (χ1n) is 6.47. The molecule has 92 valence electrons. The summed E-state index contributed by atoms with van der Waals surface area (Å²) < 4.78 is 0. The fraction of sp³-hybridized carbons (Fsp3) is 0.571. The quantitative estimate of drug-likeness (QED) is 0.799. The van der Waals surface area contributed by atoms with Gasteiger partial charge in [-0.1, -0.05) is 30.3 Å². The summed E-state index contributed by atoms with van der Waals surface area (Å²) in [7, 11) is 0. The summed E-state index contributed by atoms with van der Waals surface area (Å²) in [6.45, 7) is 1.96. The zero-order valence-corrected chi connectivity index (χ0v) is 10.00. The van der Waals surface area contributed by atoms with Crippen molar-refractivity contribution in [2.24, 2.45) is 11.7 Å². The van der Waals surface area contributed by atoms with Gasteiger partial charge in [-0.25, -0.2) is 0 Å². The van der Waals surface area contributed by atoms with E-state index in [4.69, 9.17) is 5.73 Å². The van der Waals surface area contributed by atoms with E-state index in [1.165, 1.54) is 5.56 Å². The molecule has 1 aromatic rings. The monoisotopic (exact) mass is 232 g/mol. The number of nitrogens with two attached hydrogens (primary N) is 1. The molecule has 3 fully saturated rings. The van der Waals surface area contributed by atoms with Crippen LogP contribution in [0.3, 0.4) is 0 Å². The van der Waals surface area contributed by atoms with E-state index >= 15 is 0 Å². The van der Waals surface area contributed by atoms with Gasteiger partial charge in [-0.15, -0.1) is 0 Å². The Balaban J connectivity index is 1.74. The Morgan fingerprint density at radius 2 is 2.00 bits per heavy atom. The molecule has 1 aromatic carbocycles. The third-order valence-electron chi connectivity index (χ3n) is 4.32. The van der Waals surface area contributed by atoms with Crippen LogP contribution >= 0.6 is 0 Å². The molecule has 17 heavy (non-hydrogen) atoms. The van der Waals surface area contributed by atoms with Crippen molar-refractivity contribution < 1.29 is 5.11 Å². The van der Waals surface area contributed by atoms with Crippen LogP contribution in [0, 0.1) is 5.92 Å². The highest BCUT2D eigenvalue weighted by molar-refractivity contribution is 5.15. The Kier molecular flexibility index (Phi) is 2.90. The average Bonchev–Trinajstić information content (AvgIpc) is 2.36. The number of piperidine rings is 2. The molecule has 0 amide bonds. The van der Waals surface area contributed by atoms with Crippen LogP contribution in [0.1, 0.15) is 18.4 Å². The third-order valence-corrected chi connectivity index (χ3v) is 4.32. The van der Waals surface area contributed by atoms with Crippen LogP contribution in [0.5, 0.6) is 0 Å². The van der Waals surface area contributed by atoms with Crippen molar-refractivity contribution >= 4 is 0 Å². The zero-order chi connectivity index (χ0) is 11.8. The minimum absolute atomic E-state index is 0.0637. The van der Waals surface area contributed by atoms with Crippen molar-refractivity contribution in [3.63, 3.8) is 0 Å². The molecule has 2 saturated heterocycles. The van der Waals surface area contributed by atoms with E-state index in [9.17, 15) is 5.11 Å². The van der Waals surface area contributed by atoms with E-state index in [2.05, 4.69) is 29.2 Å². The molecule has 0 unspecified atom stereocenters. The van der Waals surface area contributed by atoms with Gasteiger partial charge in [-0.05, 0) is 24.3 Å². The number of rotatable bonds is 2. The van der Waals surface area contributed by atoms with Gasteiger partial charge in [0.1, 0.15) is 0 Å². The standard InChI is InChI=1S/C14H20N2O/c15-13-12-7-6-11(14(13)17)9-16(12)8-10-4-2-1-3-5-10/h1-5,11-14,17H,6-9,15H2/t11-,12+,13+,14+/m0/s1. The van der Waals surface area contributed by atoms with E-state index in [1.54, 1.807) is 0 Å². The minimum Gasteiger partial charge on any atom is -0.391 e. The van der Waals surface area contributed by atoms with Crippen LogP contribution in [0.2, 0.25) is 0 Å². The van der Waals surface area contributed by atoms with Gasteiger partial charge in [-0.3, -0.25) is 4.90 Å². The van der Waals surface area contributed by atoms with Crippen LogP contribution in [-0.2, 0) is 6.54 Å². The van der Waals surface area contributed by atoms with Crippen molar-refractivity contribution in [1.82, 2.24) is 4.90 Å². The lowest BCUT2D eigenvalue weighted by molar-refractivity contribution is -0.0690.